The molecule has 10 nitrogen and oxygen atoms in total. The molecule has 7 rings (SSSR count). The topological polar surface area (TPSA) is 106 Å². The number of aromatic nitrogens is 6. The summed E-state index contributed by atoms with van der Waals surface area (Å²) in [4.78, 5) is 27.0. The minimum Gasteiger partial charge on any atom is -0.494 e. The van der Waals surface area contributed by atoms with Gasteiger partial charge in [0, 0.05) is 22.3 Å². The Morgan fingerprint density at radius 3 is 2.61 bits per heavy atom. The molecule has 0 spiro atoms. The highest BCUT2D eigenvalue weighted by atomic mass is 35.5. The van der Waals surface area contributed by atoms with Gasteiger partial charge in [-0.15, -0.1) is 10.2 Å². The Hall–Kier alpha value is -5.10. The van der Waals surface area contributed by atoms with Crippen LogP contribution in [-0.2, 0) is 24.2 Å². The molecule has 0 saturated carbocycles. The van der Waals surface area contributed by atoms with Crippen molar-refractivity contribution in [3.63, 3.8) is 0 Å². The summed E-state index contributed by atoms with van der Waals surface area (Å²) in [5, 5.41) is 13.6. The van der Waals surface area contributed by atoms with Gasteiger partial charge in [-0.1, -0.05) is 11.6 Å². The molecule has 0 N–H and O–H groups in total. The lowest BCUT2D eigenvalue weighted by atomic mass is 10.2. The SMILES string of the molecule is CCOc1ccc(-n2c(=O)c3ccc(Cl)cc3n3c(COC(=O)c4nn(-c5ccc(F)cc5F)c5c4CCC5)nnc23)cc1. The van der Waals surface area contributed by atoms with Crippen LogP contribution in [0.25, 0.3) is 28.1 Å². The van der Waals surface area contributed by atoms with E-state index in [0.29, 0.717) is 58.1 Å². The van der Waals surface area contributed by atoms with Crippen LogP contribution >= 0.6 is 11.6 Å². The summed E-state index contributed by atoms with van der Waals surface area (Å²) in [5.41, 5.74) is 2.06. The van der Waals surface area contributed by atoms with Gasteiger partial charge in [0.2, 0.25) is 5.78 Å². The minimum absolute atomic E-state index is 0.0441. The second-order valence-electron chi connectivity index (χ2n) is 10.2. The van der Waals surface area contributed by atoms with Crippen LogP contribution in [0.2, 0.25) is 5.02 Å². The first-order valence-electron chi connectivity index (χ1n) is 13.9. The molecule has 44 heavy (non-hydrogen) atoms. The van der Waals surface area contributed by atoms with Gasteiger partial charge in [0.15, 0.2) is 23.9 Å². The largest absolute Gasteiger partial charge is 0.494 e. The summed E-state index contributed by atoms with van der Waals surface area (Å²) >= 11 is 6.31. The first kappa shape index (κ1) is 27.7. The Morgan fingerprint density at radius 2 is 1.84 bits per heavy atom. The molecular weight excluding hydrogens is 594 g/mol. The summed E-state index contributed by atoms with van der Waals surface area (Å²) in [6, 6.07) is 15.0. The molecule has 1 aliphatic carbocycles. The maximum Gasteiger partial charge on any atom is 0.359 e. The number of esters is 1. The average Bonchev–Trinajstić information content (AvgIpc) is 3.73. The van der Waals surface area contributed by atoms with Crippen molar-refractivity contribution in [1.29, 1.82) is 0 Å². The zero-order valence-electron chi connectivity index (χ0n) is 23.3. The Morgan fingerprint density at radius 1 is 1.02 bits per heavy atom. The molecule has 0 amide bonds. The van der Waals surface area contributed by atoms with Crippen LogP contribution in [-0.4, -0.2) is 41.5 Å². The highest BCUT2D eigenvalue weighted by molar-refractivity contribution is 6.31. The number of hydrogen-bond donors (Lipinski definition) is 0. The second-order valence-corrected chi connectivity index (χ2v) is 10.6. The quantitative estimate of drug-likeness (QED) is 0.221. The van der Waals surface area contributed by atoms with Crippen molar-refractivity contribution in [2.45, 2.75) is 32.8 Å². The number of halogens is 3. The van der Waals surface area contributed by atoms with E-state index >= 15 is 0 Å². The smallest absolute Gasteiger partial charge is 0.359 e. The van der Waals surface area contributed by atoms with Crippen molar-refractivity contribution in [1.82, 2.24) is 28.9 Å². The molecule has 6 aromatic rings. The molecule has 13 heteroatoms. The van der Waals surface area contributed by atoms with E-state index in [1.54, 1.807) is 46.9 Å². The lowest BCUT2D eigenvalue weighted by Crippen LogP contribution is -2.22. The lowest BCUT2D eigenvalue weighted by molar-refractivity contribution is 0.0452. The lowest BCUT2D eigenvalue weighted by Gasteiger charge is -2.12. The third kappa shape index (κ3) is 4.58. The van der Waals surface area contributed by atoms with Crippen LogP contribution in [0, 0.1) is 11.6 Å². The number of hydrogen-bond acceptors (Lipinski definition) is 7. The maximum atomic E-state index is 14.6. The van der Waals surface area contributed by atoms with Crippen LogP contribution < -0.4 is 10.3 Å². The van der Waals surface area contributed by atoms with Crippen LogP contribution in [0.1, 0.15) is 40.9 Å². The monoisotopic (exact) mass is 616 g/mol. The summed E-state index contributed by atoms with van der Waals surface area (Å²) < 4.78 is 43.7. The van der Waals surface area contributed by atoms with Gasteiger partial charge >= 0.3 is 5.97 Å². The molecule has 3 aromatic carbocycles. The number of rotatable bonds is 7. The van der Waals surface area contributed by atoms with Crippen molar-refractivity contribution in [2.75, 3.05) is 6.61 Å². The fraction of sp³-hybridized carbons (Fsp3) is 0.194. The summed E-state index contributed by atoms with van der Waals surface area (Å²) in [5.74, 6) is -1.16. The predicted molar refractivity (Wildman–Crippen MR) is 157 cm³/mol. The minimum atomic E-state index is -0.791. The standard InChI is InChI=1S/C31H23ClF2N6O4/c1-2-43-20-10-8-19(9-11-20)38-29(41)22-12-6-17(32)14-26(22)39-27(35-36-31(38)39)16-44-30(42)28-21-4-3-5-24(21)40(37-28)25-13-7-18(33)15-23(25)34/h6-15H,2-5,16H2,1H3. The Kier molecular flexibility index (Phi) is 6.85. The van der Waals surface area contributed by atoms with E-state index in [9.17, 15) is 18.4 Å². The van der Waals surface area contributed by atoms with Crippen LogP contribution in [0.3, 0.4) is 0 Å². The highest BCUT2D eigenvalue weighted by Crippen LogP contribution is 2.30. The molecule has 0 unspecified atom stereocenters. The Bertz CT molecular complexity index is 2160. The van der Waals surface area contributed by atoms with Crippen molar-refractivity contribution in [3.8, 4) is 17.1 Å². The third-order valence-corrected chi connectivity index (χ3v) is 7.78. The van der Waals surface area contributed by atoms with Crippen molar-refractivity contribution >= 4 is 34.3 Å². The fourth-order valence-electron chi connectivity index (χ4n) is 5.62. The van der Waals surface area contributed by atoms with E-state index in [1.807, 2.05) is 6.92 Å². The van der Waals surface area contributed by atoms with Gasteiger partial charge in [-0.05, 0) is 80.8 Å². The number of carbonyl (C=O) groups is 1. The van der Waals surface area contributed by atoms with Crippen LogP contribution in [0.15, 0.2) is 65.5 Å². The average molecular weight is 617 g/mol. The van der Waals surface area contributed by atoms with E-state index < -0.39 is 17.6 Å². The molecule has 0 radical (unpaired) electrons. The van der Waals surface area contributed by atoms with Crippen molar-refractivity contribution < 1.29 is 23.0 Å². The molecule has 0 bridgehead atoms. The summed E-state index contributed by atoms with van der Waals surface area (Å²) in [6.07, 6.45) is 1.89. The van der Waals surface area contributed by atoms with Gasteiger partial charge in [0.05, 0.1) is 23.2 Å². The molecular formula is C31H23ClF2N6O4. The molecule has 0 saturated heterocycles. The molecule has 1 aliphatic rings. The van der Waals surface area contributed by atoms with Gasteiger partial charge < -0.3 is 9.47 Å². The number of benzene rings is 3. The molecule has 0 atom stereocenters. The zero-order valence-corrected chi connectivity index (χ0v) is 24.0. The summed E-state index contributed by atoms with van der Waals surface area (Å²) in [7, 11) is 0. The van der Waals surface area contributed by atoms with E-state index in [0.717, 1.165) is 18.6 Å². The van der Waals surface area contributed by atoms with Gasteiger partial charge in [-0.2, -0.15) is 5.10 Å². The number of carbonyl (C=O) groups excluding carboxylic acids is 1. The first-order valence-corrected chi connectivity index (χ1v) is 14.3. The van der Waals surface area contributed by atoms with Crippen LogP contribution in [0.4, 0.5) is 8.78 Å². The third-order valence-electron chi connectivity index (χ3n) is 7.55. The van der Waals surface area contributed by atoms with E-state index in [1.165, 1.54) is 15.3 Å². The Balaban J connectivity index is 1.27. The van der Waals surface area contributed by atoms with Gasteiger partial charge in [-0.3, -0.25) is 9.20 Å². The van der Waals surface area contributed by atoms with Crippen LogP contribution in [0.5, 0.6) is 5.75 Å². The fourth-order valence-corrected chi connectivity index (χ4v) is 5.78. The van der Waals surface area contributed by atoms with Crippen molar-refractivity contribution in [3.05, 3.63) is 110 Å². The van der Waals surface area contributed by atoms with E-state index in [2.05, 4.69) is 15.3 Å². The molecule has 0 aliphatic heterocycles. The van der Waals surface area contributed by atoms with Crippen molar-refractivity contribution in [2.24, 2.45) is 0 Å². The predicted octanol–water partition coefficient (Wildman–Crippen LogP) is 5.40. The Labute approximate surface area is 253 Å². The molecule has 0 fully saturated rings. The van der Waals surface area contributed by atoms with Gasteiger partial charge in [-0.25, -0.2) is 22.8 Å². The number of nitrogens with zero attached hydrogens (tertiary/aromatic N) is 6. The number of fused-ring (bicyclic) bond motifs is 4. The second kappa shape index (κ2) is 10.9. The normalized spacial score (nSPS) is 12.6. The molecule has 3 aromatic heterocycles. The molecule has 3 heterocycles. The van der Waals surface area contributed by atoms with Gasteiger partial charge in [0.25, 0.3) is 5.56 Å². The first-order chi connectivity index (χ1) is 21.3. The van der Waals surface area contributed by atoms with Gasteiger partial charge in [0.1, 0.15) is 17.3 Å². The zero-order chi connectivity index (χ0) is 30.5. The molecule has 222 valence electrons. The maximum absolute atomic E-state index is 14.6. The van der Waals surface area contributed by atoms with E-state index in [4.69, 9.17) is 21.1 Å². The van der Waals surface area contributed by atoms with E-state index in [-0.39, 0.29) is 35.1 Å². The highest BCUT2D eigenvalue weighted by Gasteiger charge is 2.29. The summed E-state index contributed by atoms with van der Waals surface area (Å²) in [6.45, 7) is 2.07. The number of ether oxygens (including phenoxy) is 2.